The number of nitrogens with one attached hydrogen (secondary N) is 9. The molecule has 3 heterocycles. The maximum absolute atomic E-state index is 15.1. The summed E-state index contributed by atoms with van der Waals surface area (Å²) in [5.74, 6) is -7.84. The molecule has 4 aromatic rings. The van der Waals surface area contributed by atoms with Crippen molar-refractivity contribution in [2.45, 2.75) is 149 Å². The minimum absolute atomic E-state index is 0.00155. The zero-order valence-corrected chi connectivity index (χ0v) is 53.5. The first-order chi connectivity index (χ1) is 42.5. The van der Waals surface area contributed by atoms with Crippen molar-refractivity contribution in [3.05, 3.63) is 99.3 Å². The van der Waals surface area contributed by atoms with Gasteiger partial charge in [-0.2, -0.15) is 0 Å². The van der Waals surface area contributed by atoms with Crippen molar-refractivity contribution in [1.29, 1.82) is 0 Å². The lowest BCUT2D eigenvalue weighted by Crippen LogP contribution is -2.62. The van der Waals surface area contributed by atoms with Crippen LogP contribution in [0, 0.1) is 3.57 Å². The van der Waals surface area contributed by atoms with Crippen LogP contribution in [0.2, 0.25) is 0 Å². The summed E-state index contributed by atoms with van der Waals surface area (Å²) in [4.78, 5) is 120. The molecule has 2 aliphatic heterocycles. The molecular formula is C58H80IN10O17S3+. The summed E-state index contributed by atoms with van der Waals surface area (Å²) in [6.07, 6.45) is -7.17. The van der Waals surface area contributed by atoms with Crippen molar-refractivity contribution in [1.82, 2.24) is 47.5 Å². The van der Waals surface area contributed by atoms with Gasteiger partial charge in [-0.3, -0.25) is 38.4 Å². The van der Waals surface area contributed by atoms with Crippen molar-refractivity contribution in [2.24, 2.45) is 0 Å². The highest BCUT2D eigenvalue weighted by molar-refractivity contribution is 14.1. The number of benzene rings is 3. The molecule has 6 unspecified atom stereocenters. The number of aliphatic hydroxyl groups is 7. The molecule has 15 atom stereocenters. The molecule has 2 fully saturated rings. The van der Waals surface area contributed by atoms with Crippen LogP contribution in [-0.2, 0) is 62.4 Å². The molecule has 8 amide bonds. The number of hydrogen-bond donors (Lipinski definition) is 18. The zero-order chi connectivity index (χ0) is 64.9. The van der Waals surface area contributed by atoms with E-state index in [1.165, 1.54) is 26.0 Å². The smallest absolute Gasteiger partial charge is 0.245 e. The van der Waals surface area contributed by atoms with Gasteiger partial charge in [0.1, 0.15) is 77.9 Å². The van der Waals surface area contributed by atoms with Crippen molar-refractivity contribution in [3.8, 4) is 5.75 Å². The van der Waals surface area contributed by atoms with Crippen LogP contribution in [0.15, 0.2) is 79.0 Å². The minimum Gasteiger partial charge on any atom is -0.507 e. The van der Waals surface area contributed by atoms with E-state index < -0.39 is 151 Å². The molecule has 27 nitrogen and oxygen atoms in total. The number of fused-ring (bicyclic) bond motifs is 1. The third-order valence-electron chi connectivity index (χ3n) is 14.8. The van der Waals surface area contributed by atoms with Crippen LogP contribution >= 0.6 is 55.9 Å². The Hall–Kier alpha value is -5.82. The van der Waals surface area contributed by atoms with E-state index in [1.54, 1.807) is 60.8 Å². The third-order valence-corrected chi connectivity index (χ3v) is 19.3. The first kappa shape index (κ1) is 72.2. The summed E-state index contributed by atoms with van der Waals surface area (Å²) in [5.41, 5.74) is 5.05. The first-order valence-electron chi connectivity index (χ1n) is 28.9. The van der Waals surface area contributed by atoms with Crippen LogP contribution in [0.5, 0.6) is 5.75 Å². The number of hydrogen-bond acceptors (Lipinski definition) is 20. The lowest BCUT2D eigenvalue weighted by atomic mass is 10.0. The fourth-order valence-corrected chi connectivity index (χ4v) is 13.7. The Bertz CT molecular complexity index is 3030. The Balaban J connectivity index is 1.39. The van der Waals surface area contributed by atoms with Gasteiger partial charge in [0.05, 0.1) is 41.6 Å². The Morgan fingerprint density at radius 3 is 2.10 bits per heavy atom. The van der Waals surface area contributed by atoms with Crippen molar-refractivity contribution < 1.29 is 89.7 Å². The van der Waals surface area contributed by atoms with Gasteiger partial charge in [-0.05, 0) is 90.6 Å². The van der Waals surface area contributed by atoms with E-state index in [4.69, 9.17) is 4.74 Å². The number of aromatic amines is 1. The number of carbonyl (C=O) groups excluding carboxylic acids is 8. The van der Waals surface area contributed by atoms with E-state index in [2.05, 4.69) is 53.3 Å². The van der Waals surface area contributed by atoms with E-state index in [0.29, 0.717) is 50.5 Å². The van der Waals surface area contributed by atoms with Crippen LogP contribution < -0.4 is 48.3 Å². The predicted molar refractivity (Wildman–Crippen MR) is 340 cm³/mol. The molecule has 20 N–H and O–H groups in total. The number of phenolic OH excluding ortho intramolecular Hbond substituents is 1. The Labute approximate surface area is 539 Å². The zero-order valence-electron chi connectivity index (χ0n) is 48.9. The summed E-state index contributed by atoms with van der Waals surface area (Å²) in [6.45, 7) is 1.63. The van der Waals surface area contributed by atoms with E-state index in [1.807, 2.05) is 28.7 Å². The maximum atomic E-state index is 15.1. The second-order valence-corrected chi connectivity index (χ2v) is 26.6. The molecular weight excluding hydrogens is 1330 g/mol. The number of amides is 8. The molecule has 89 heavy (non-hydrogen) atoms. The number of halogens is 1. The Kier molecular flexibility index (Phi) is 29.0. The highest BCUT2D eigenvalue weighted by Crippen LogP contribution is 2.30. The van der Waals surface area contributed by atoms with E-state index >= 15 is 9.59 Å². The van der Waals surface area contributed by atoms with Gasteiger partial charge >= 0.3 is 0 Å². The predicted octanol–water partition coefficient (Wildman–Crippen LogP) is -3.13. The first-order valence-corrected chi connectivity index (χ1v) is 33.5. The average molecular weight is 1410 g/mol. The summed E-state index contributed by atoms with van der Waals surface area (Å²) >= 11 is 2.82. The molecule has 1 aromatic heterocycles. The average Bonchev–Trinajstić information content (AvgIpc) is 2.18. The van der Waals surface area contributed by atoms with E-state index in [-0.39, 0.29) is 55.1 Å². The van der Waals surface area contributed by atoms with Gasteiger partial charge in [0.2, 0.25) is 47.3 Å². The number of para-hydroxylation sites is 1. The number of phenols is 1. The number of quaternary nitrogens is 1. The van der Waals surface area contributed by atoms with Gasteiger partial charge < -0.3 is 98.8 Å². The number of rotatable bonds is 23. The van der Waals surface area contributed by atoms with Crippen molar-refractivity contribution in [3.63, 3.8) is 0 Å². The fourth-order valence-electron chi connectivity index (χ4n) is 9.65. The van der Waals surface area contributed by atoms with Gasteiger partial charge in [0, 0.05) is 60.0 Å². The standard InChI is InChI=1S/C58H79IN10O17S3/c1-29(72)41(25-70)66-56(84)43-28-89-88-27-42(67-52(80)38(21-31-10-4-3-5-11-31)62-46(75)17-19-87-58-50(78)49(77)48(76)45(26-71)86-58)55(83)64-39(22-32-15-16-44(74)35(59)20-32)53(81)65-40(23-33-24-61-36-13-7-6-12-34(33)36)54(82)63-37(14-8-9-18-60)51(79)69-47(30(2)73)57(85)68-43/h3-7,10-13,15-16,20,24,29-30,37-43,45,47-50,58,61,70-74,76-78H,8-9,14,17-19,21-23,25-28,60H2,1-2H3,(H,62,75)(H,63,82)(H,64,83)(H,65,81)(H,66,84)(H,67,80)(H,68,85)(H,69,79)/p+1/t29?,30?,37-,38?,39-,40+,41+,42?,43-,45?,47-,48+,49-,50?,58-/m0/s1/i59-4. The van der Waals surface area contributed by atoms with Crippen LogP contribution in [0.3, 0.4) is 0 Å². The minimum atomic E-state index is -1.74. The fraction of sp³-hybridized carbons (Fsp3) is 0.517. The van der Waals surface area contributed by atoms with Crippen LogP contribution in [0.4, 0.5) is 0 Å². The molecule has 0 bridgehead atoms. The second kappa shape index (κ2) is 35.7. The number of aliphatic hydroxyl groups excluding tert-OH is 7. The number of ether oxygens (including phenoxy) is 1. The number of thioether (sulfide) groups is 1. The van der Waals surface area contributed by atoms with E-state index in [0.717, 1.165) is 33.3 Å². The summed E-state index contributed by atoms with van der Waals surface area (Å²) < 4.78 is 5.97. The number of unbranched alkanes of at least 4 members (excludes halogenated alkanes) is 1. The quantitative estimate of drug-likeness (QED) is 0.0198. The lowest BCUT2D eigenvalue weighted by molar-refractivity contribution is -0.368. The SMILES string of the molecule is CC(O)[C@@H]1NC(=O)[C@H](CCCC[NH3+])NC(=O)[C@@H](Cc2c[nH]c3ccccc23)NC(=O)[C@H](Cc2ccc(O)c([123I])c2)NC(=O)C(NC(=O)C(Cc2ccccc2)NC(=O)CCS[C@@H]2OC(CO)[C@@H](O)[C@H](O)C2O)CSSC[C@@H](C(=O)N[C@H](CO)C(C)O)NC1=O. The number of H-pyrrole nitrogens is 1. The highest BCUT2D eigenvalue weighted by Gasteiger charge is 2.44. The Morgan fingerprint density at radius 2 is 1.43 bits per heavy atom. The monoisotopic (exact) mass is 1410 g/mol. The molecule has 2 saturated heterocycles. The van der Waals surface area contributed by atoms with Crippen LogP contribution in [0.1, 0.15) is 56.2 Å². The van der Waals surface area contributed by atoms with Crippen LogP contribution in [0.25, 0.3) is 10.9 Å². The largest absolute Gasteiger partial charge is 0.507 e. The maximum Gasteiger partial charge on any atom is 0.245 e. The topological polar surface area (TPSA) is 447 Å². The second-order valence-electron chi connectivity index (χ2n) is 21.7. The Morgan fingerprint density at radius 1 is 0.764 bits per heavy atom. The number of aromatic hydroxyl groups is 1. The number of carbonyl (C=O) groups is 8. The molecule has 0 spiro atoms. The van der Waals surface area contributed by atoms with Gasteiger partial charge in [-0.25, -0.2) is 0 Å². The van der Waals surface area contributed by atoms with E-state index in [9.17, 15) is 69.6 Å². The van der Waals surface area contributed by atoms with Crippen LogP contribution in [-0.4, -0.2) is 221 Å². The molecule has 488 valence electrons. The van der Waals surface area contributed by atoms with Gasteiger partial charge in [-0.1, -0.05) is 76.2 Å². The van der Waals surface area contributed by atoms with Gasteiger partial charge in [0.15, 0.2) is 0 Å². The van der Waals surface area contributed by atoms with Gasteiger partial charge in [0.25, 0.3) is 0 Å². The molecule has 3 aromatic carbocycles. The lowest BCUT2D eigenvalue weighted by Gasteiger charge is -2.39. The highest BCUT2D eigenvalue weighted by atomic mass is 123. The number of aromatic nitrogens is 1. The third kappa shape index (κ3) is 21.4. The summed E-state index contributed by atoms with van der Waals surface area (Å²) in [6, 6.07) is 8.45. The molecule has 2 aliphatic rings. The summed E-state index contributed by atoms with van der Waals surface area (Å²) in [7, 11) is 1.85. The molecule has 31 heteroatoms. The summed E-state index contributed by atoms with van der Waals surface area (Å²) in [5, 5.41) is 105. The van der Waals surface area contributed by atoms with Crippen molar-refractivity contribution in [2.75, 3.05) is 37.0 Å². The molecule has 0 radical (unpaired) electrons. The van der Waals surface area contributed by atoms with Crippen molar-refractivity contribution >= 4 is 114 Å². The molecule has 0 aliphatic carbocycles. The molecule has 6 rings (SSSR count). The molecule has 0 saturated carbocycles. The van der Waals surface area contributed by atoms with Gasteiger partial charge in [-0.15, -0.1) is 11.8 Å². The normalized spacial score (nSPS) is 25.8.